The normalized spacial score (nSPS) is 9.90. The first-order chi connectivity index (χ1) is 4.75. The highest BCUT2D eigenvalue weighted by Crippen LogP contribution is 2.15. The Balaban J connectivity index is 3.14. The second kappa shape index (κ2) is 3.07. The largest absolute Gasteiger partial charge is 0.325 e. The summed E-state index contributed by atoms with van der Waals surface area (Å²) in [4.78, 5) is 3.73. The monoisotopic (exact) mass is 204 g/mol. The van der Waals surface area contributed by atoms with E-state index in [-0.39, 0.29) is 18.1 Å². The van der Waals surface area contributed by atoms with E-state index in [1.54, 1.807) is 0 Å². The van der Waals surface area contributed by atoms with Gasteiger partial charge in [-0.15, -0.1) is 0 Å². The number of nitrogens with two attached hydrogens (primary N) is 1. The van der Waals surface area contributed by atoms with Gasteiger partial charge in [-0.1, -0.05) is 0 Å². The number of nitrogens with zero attached hydrogens (tertiary/aromatic N) is 1. The van der Waals surface area contributed by atoms with Crippen molar-refractivity contribution < 1.29 is 4.39 Å². The lowest BCUT2D eigenvalue weighted by Crippen LogP contribution is -2.02. The molecule has 1 rings (SSSR count). The van der Waals surface area contributed by atoms with Crippen LogP contribution in [0.2, 0.25) is 0 Å². The average Bonchev–Trinajstić information content (AvgIpc) is 1.95. The molecule has 2 N–H and O–H groups in total. The van der Waals surface area contributed by atoms with Crippen LogP contribution in [-0.4, -0.2) is 4.98 Å². The summed E-state index contributed by atoms with van der Waals surface area (Å²) in [6, 6.07) is 1.54. The van der Waals surface area contributed by atoms with E-state index in [9.17, 15) is 4.39 Å². The SMILES string of the molecule is NCc1nccc(Br)c1F. The number of aromatic nitrogens is 1. The Morgan fingerprint density at radius 1 is 1.70 bits per heavy atom. The number of hydrogen-bond acceptors (Lipinski definition) is 2. The lowest BCUT2D eigenvalue weighted by molar-refractivity contribution is 0.593. The first-order valence-electron chi connectivity index (χ1n) is 2.74. The number of pyridine rings is 1. The van der Waals surface area contributed by atoms with Gasteiger partial charge < -0.3 is 5.73 Å². The van der Waals surface area contributed by atoms with Crippen molar-refractivity contribution in [3.8, 4) is 0 Å². The predicted molar refractivity (Wildman–Crippen MR) is 39.8 cm³/mol. The third-order valence-corrected chi connectivity index (χ3v) is 1.72. The van der Waals surface area contributed by atoms with Crippen LogP contribution in [0.1, 0.15) is 5.69 Å². The van der Waals surface area contributed by atoms with Crippen LogP contribution in [-0.2, 0) is 6.54 Å². The molecule has 10 heavy (non-hydrogen) atoms. The molecule has 0 amide bonds. The van der Waals surface area contributed by atoms with E-state index < -0.39 is 0 Å². The van der Waals surface area contributed by atoms with Crippen molar-refractivity contribution in [2.45, 2.75) is 6.54 Å². The summed E-state index contributed by atoms with van der Waals surface area (Å²) in [6.45, 7) is 0.130. The number of hydrogen-bond donors (Lipinski definition) is 1. The minimum Gasteiger partial charge on any atom is -0.325 e. The molecular formula is C6H6BrFN2. The van der Waals surface area contributed by atoms with E-state index in [0.717, 1.165) is 0 Å². The van der Waals surface area contributed by atoms with Gasteiger partial charge in [0.15, 0.2) is 5.82 Å². The zero-order chi connectivity index (χ0) is 7.56. The Morgan fingerprint density at radius 3 is 2.90 bits per heavy atom. The Hall–Kier alpha value is -0.480. The molecule has 0 radical (unpaired) electrons. The molecule has 0 atom stereocenters. The van der Waals surface area contributed by atoms with Crippen LogP contribution in [0, 0.1) is 5.82 Å². The lowest BCUT2D eigenvalue weighted by Gasteiger charge is -1.97. The van der Waals surface area contributed by atoms with E-state index in [4.69, 9.17) is 5.73 Å². The summed E-state index contributed by atoms with van der Waals surface area (Å²) in [7, 11) is 0. The van der Waals surface area contributed by atoms with Crippen molar-refractivity contribution in [2.24, 2.45) is 5.73 Å². The van der Waals surface area contributed by atoms with E-state index in [1.807, 2.05) is 0 Å². The molecule has 0 saturated carbocycles. The van der Waals surface area contributed by atoms with Gasteiger partial charge in [-0.25, -0.2) is 4.39 Å². The molecule has 0 spiro atoms. The number of rotatable bonds is 1. The van der Waals surface area contributed by atoms with Crippen LogP contribution in [0.3, 0.4) is 0 Å². The highest BCUT2D eigenvalue weighted by molar-refractivity contribution is 9.10. The maximum Gasteiger partial charge on any atom is 0.160 e. The quantitative estimate of drug-likeness (QED) is 0.753. The van der Waals surface area contributed by atoms with Crippen molar-refractivity contribution >= 4 is 15.9 Å². The van der Waals surface area contributed by atoms with Gasteiger partial charge >= 0.3 is 0 Å². The summed E-state index contributed by atoms with van der Waals surface area (Å²) >= 11 is 3.02. The second-order valence-electron chi connectivity index (χ2n) is 1.76. The Morgan fingerprint density at radius 2 is 2.40 bits per heavy atom. The minimum absolute atomic E-state index is 0.130. The van der Waals surface area contributed by atoms with Crippen LogP contribution < -0.4 is 5.73 Å². The molecule has 0 aliphatic carbocycles. The number of halogens is 2. The topological polar surface area (TPSA) is 38.9 Å². The molecule has 2 nitrogen and oxygen atoms in total. The Labute approximate surface area is 66.4 Å². The van der Waals surface area contributed by atoms with E-state index in [0.29, 0.717) is 4.47 Å². The smallest absolute Gasteiger partial charge is 0.160 e. The molecule has 0 aliphatic heterocycles. The fraction of sp³-hybridized carbons (Fsp3) is 0.167. The zero-order valence-corrected chi connectivity index (χ0v) is 6.73. The van der Waals surface area contributed by atoms with Crippen molar-refractivity contribution in [1.29, 1.82) is 0 Å². The van der Waals surface area contributed by atoms with Gasteiger partial charge in [-0.05, 0) is 22.0 Å². The molecule has 0 aromatic carbocycles. The Kier molecular flexibility index (Phi) is 2.34. The molecule has 1 heterocycles. The standard InChI is InChI=1S/C6H6BrFN2/c7-4-1-2-10-5(3-9)6(4)8/h1-2H,3,9H2. The van der Waals surface area contributed by atoms with Crippen LogP contribution in [0.15, 0.2) is 16.7 Å². The molecular weight excluding hydrogens is 199 g/mol. The highest BCUT2D eigenvalue weighted by Gasteiger charge is 2.03. The van der Waals surface area contributed by atoms with Crippen molar-refractivity contribution in [2.75, 3.05) is 0 Å². The summed E-state index contributed by atoms with van der Waals surface area (Å²) in [5, 5.41) is 0. The molecule has 0 unspecified atom stereocenters. The first-order valence-corrected chi connectivity index (χ1v) is 3.54. The van der Waals surface area contributed by atoms with Crippen LogP contribution >= 0.6 is 15.9 Å². The summed E-state index contributed by atoms with van der Waals surface area (Å²) in [5.41, 5.74) is 5.48. The maximum absolute atomic E-state index is 12.8. The van der Waals surface area contributed by atoms with Crippen molar-refractivity contribution in [1.82, 2.24) is 4.98 Å². The third kappa shape index (κ3) is 1.33. The van der Waals surface area contributed by atoms with Gasteiger partial charge in [-0.2, -0.15) is 0 Å². The summed E-state index contributed by atoms with van der Waals surface area (Å²) < 4.78 is 13.2. The molecule has 1 aromatic rings. The van der Waals surface area contributed by atoms with Crippen LogP contribution in [0.25, 0.3) is 0 Å². The highest BCUT2D eigenvalue weighted by atomic mass is 79.9. The van der Waals surface area contributed by atoms with Crippen LogP contribution in [0.5, 0.6) is 0 Å². The molecule has 0 aliphatic rings. The fourth-order valence-electron chi connectivity index (χ4n) is 0.603. The summed E-state index contributed by atoms with van der Waals surface area (Å²) in [6.07, 6.45) is 1.51. The molecule has 54 valence electrons. The first kappa shape index (κ1) is 7.63. The Bertz CT molecular complexity index is 239. The molecule has 0 saturated heterocycles. The van der Waals surface area contributed by atoms with Crippen LogP contribution in [0.4, 0.5) is 4.39 Å². The van der Waals surface area contributed by atoms with Gasteiger partial charge in [0.25, 0.3) is 0 Å². The van der Waals surface area contributed by atoms with E-state index in [2.05, 4.69) is 20.9 Å². The molecule has 0 fully saturated rings. The van der Waals surface area contributed by atoms with Gasteiger partial charge in [0, 0.05) is 12.7 Å². The fourth-order valence-corrected chi connectivity index (χ4v) is 0.950. The molecule has 1 aromatic heterocycles. The second-order valence-corrected chi connectivity index (χ2v) is 2.61. The lowest BCUT2D eigenvalue weighted by atomic mass is 10.3. The minimum atomic E-state index is -0.370. The van der Waals surface area contributed by atoms with Crippen molar-refractivity contribution in [3.05, 3.63) is 28.2 Å². The third-order valence-electron chi connectivity index (χ3n) is 1.11. The maximum atomic E-state index is 12.8. The van der Waals surface area contributed by atoms with Gasteiger partial charge in [-0.3, -0.25) is 4.98 Å². The van der Waals surface area contributed by atoms with E-state index >= 15 is 0 Å². The van der Waals surface area contributed by atoms with Crippen molar-refractivity contribution in [3.63, 3.8) is 0 Å². The predicted octanol–water partition coefficient (Wildman–Crippen LogP) is 1.44. The average molecular weight is 205 g/mol. The van der Waals surface area contributed by atoms with Gasteiger partial charge in [0.05, 0.1) is 10.2 Å². The summed E-state index contributed by atoms with van der Waals surface area (Å²) in [5.74, 6) is -0.370. The molecule has 0 bridgehead atoms. The van der Waals surface area contributed by atoms with Gasteiger partial charge in [0.2, 0.25) is 0 Å². The zero-order valence-electron chi connectivity index (χ0n) is 5.14. The van der Waals surface area contributed by atoms with Gasteiger partial charge in [0.1, 0.15) is 0 Å². The molecule has 4 heteroatoms. The van der Waals surface area contributed by atoms with E-state index in [1.165, 1.54) is 12.3 Å².